The standard InChI is InChI=1S/C24H20N2O2S/c1-17-6-5-9-20(14-17)25-24-26-23(27)22(29-24)15-18-10-12-21(13-11-18)28-16-19-7-3-2-4-8-19/h2-15H,16H2,1H3,(H,25,26,27)/b22-15+. The Hall–Kier alpha value is -3.31. The molecule has 1 heterocycles. The second kappa shape index (κ2) is 8.80. The lowest BCUT2D eigenvalue weighted by Gasteiger charge is -2.06. The van der Waals surface area contributed by atoms with Crippen LogP contribution in [0.5, 0.6) is 5.75 Å². The smallest absolute Gasteiger partial charge is 0.264 e. The van der Waals surface area contributed by atoms with Gasteiger partial charge in [-0.1, -0.05) is 54.6 Å². The quantitative estimate of drug-likeness (QED) is 0.578. The first kappa shape index (κ1) is 19.0. The molecule has 0 aromatic heterocycles. The molecule has 0 atom stereocenters. The molecule has 0 radical (unpaired) electrons. The van der Waals surface area contributed by atoms with Crippen molar-refractivity contribution in [2.45, 2.75) is 13.5 Å². The predicted molar refractivity (Wildman–Crippen MR) is 119 cm³/mol. The van der Waals surface area contributed by atoms with E-state index < -0.39 is 0 Å². The third kappa shape index (κ3) is 5.15. The maximum absolute atomic E-state index is 12.3. The zero-order valence-corrected chi connectivity index (χ0v) is 16.8. The van der Waals surface area contributed by atoms with E-state index >= 15 is 0 Å². The molecule has 0 aliphatic carbocycles. The molecular formula is C24H20N2O2S. The highest BCUT2D eigenvalue weighted by molar-refractivity contribution is 8.18. The summed E-state index contributed by atoms with van der Waals surface area (Å²) in [6.45, 7) is 2.54. The van der Waals surface area contributed by atoms with Crippen LogP contribution in [0.4, 0.5) is 5.69 Å². The number of rotatable bonds is 5. The number of aryl methyl sites for hydroxylation is 1. The van der Waals surface area contributed by atoms with Gasteiger partial charge >= 0.3 is 0 Å². The van der Waals surface area contributed by atoms with Crippen LogP contribution in [-0.4, -0.2) is 11.1 Å². The average molecular weight is 401 g/mol. The number of benzene rings is 3. The van der Waals surface area contributed by atoms with Gasteiger partial charge in [-0.25, -0.2) is 4.99 Å². The van der Waals surface area contributed by atoms with Gasteiger partial charge in [-0.05, 0) is 65.7 Å². The van der Waals surface area contributed by atoms with Crippen LogP contribution in [0, 0.1) is 6.92 Å². The van der Waals surface area contributed by atoms with Crippen LogP contribution in [0.25, 0.3) is 6.08 Å². The van der Waals surface area contributed by atoms with E-state index in [0.29, 0.717) is 16.7 Å². The maximum Gasteiger partial charge on any atom is 0.264 e. The minimum Gasteiger partial charge on any atom is -0.489 e. The van der Waals surface area contributed by atoms with Crippen molar-refractivity contribution in [3.05, 3.63) is 100 Å². The fourth-order valence-electron chi connectivity index (χ4n) is 2.85. The molecule has 29 heavy (non-hydrogen) atoms. The van der Waals surface area contributed by atoms with Crippen LogP contribution in [0.3, 0.4) is 0 Å². The molecule has 1 saturated heterocycles. The molecule has 3 aromatic rings. The van der Waals surface area contributed by atoms with Gasteiger partial charge in [0, 0.05) is 0 Å². The van der Waals surface area contributed by atoms with E-state index in [2.05, 4.69) is 10.3 Å². The van der Waals surface area contributed by atoms with Crippen LogP contribution in [-0.2, 0) is 11.4 Å². The summed E-state index contributed by atoms with van der Waals surface area (Å²) >= 11 is 1.35. The Morgan fingerprint density at radius 3 is 2.55 bits per heavy atom. The molecule has 144 valence electrons. The van der Waals surface area contributed by atoms with E-state index in [0.717, 1.165) is 28.1 Å². The van der Waals surface area contributed by atoms with Gasteiger partial charge < -0.3 is 10.1 Å². The predicted octanol–water partition coefficient (Wildman–Crippen LogP) is 5.47. The Labute approximate surface area is 174 Å². The first-order valence-corrected chi connectivity index (χ1v) is 10.1. The van der Waals surface area contributed by atoms with Gasteiger partial charge in [0.2, 0.25) is 0 Å². The molecular weight excluding hydrogens is 380 g/mol. The van der Waals surface area contributed by atoms with E-state index in [9.17, 15) is 4.79 Å². The van der Waals surface area contributed by atoms with Gasteiger partial charge in [0.05, 0.1) is 10.6 Å². The zero-order chi connectivity index (χ0) is 20.1. The molecule has 1 amide bonds. The minimum absolute atomic E-state index is 0.134. The van der Waals surface area contributed by atoms with Gasteiger partial charge in [0.15, 0.2) is 5.17 Å². The highest BCUT2D eigenvalue weighted by atomic mass is 32.2. The molecule has 0 spiro atoms. The summed E-state index contributed by atoms with van der Waals surface area (Å²) in [7, 11) is 0. The van der Waals surface area contributed by atoms with Crippen LogP contribution < -0.4 is 10.1 Å². The van der Waals surface area contributed by atoms with Gasteiger partial charge in [0.25, 0.3) is 5.91 Å². The molecule has 4 nitrogen and oxygen atoms in total. The number of thioether (sulfide) groups is 1. The molecule has 1 fully saturated rings. The van der Waals surface area contributed by atoms with E-state index in [1.807, 2.05) is 91.9 Å². The number of hydrogen-bond donors (Lipinski definition) is 1. The maximum atomic E-state index is 12.3. The monoisotopic (exact) mass is 400 g/mol. The topological polar surface area (TPSA) is 50.7 Å². The summed E-state index contributed by atoms with van der Waals surface area (Å²) in [5.74, 6) is 0.659. The van der Waals surface area contributed by atoms with Crippen molar-refractivity contribution in [3.63, 3.8) is 0 Å². The molecule has 1 aliphatic heterocycles. The van der Waals surface area contributed by atoms with Crippen molar-refractivity contribution in [3.8, 4) is 5.75 Å². The Balaban J connectivity index is 1.41. The fourth-order valence-corrected chi connectivity index (χ4v) is 3.69. The van der Waals surface area contributed by atoms with Crippen molar-refractivity contribution in [2.75, 3.05) is 0 Å². The van der Waals surface area contributed by atoms with E-state index in [4.69, 9.17) is 4.74 Å². The Kier molecular flexibility index (Phi) is 5.77. The first-order valence-electron chi connectivity index (χ1n) is 9.29. The summed E-state index contributed by atoms with van der Waals surface area (Å²) < 4.78 is 5.81. The number of ether oxygens (including phenoxy) is 1. The molecule has 1 aliphatic rings. The zero-order valence-electron chi connectivity index (χ0n) is 16.0. The molecule has 1 N–H and O–H groups in total. The first-order chi connectivity index (χ1) is 14.2. The van der Waals surface area contributed by atoms with Crippen molar-refractivity contribution in [1.82, 2.24) is 5.32 Å². The lowest BCUT2D eigenvalue weighted by Crippen LogP contribution is -2.19. The lowest BCUT2D eigenvalue weighted by atomic mass is 10.2. The van der Waals surface area contributed by atoms with Gasteiger partial charge in [0.1, 0.15) is 12.4 Å². The number of aliphatic imine (C=N–C) groups is 1. The molecule has 5 heteroatoms. The van der Waals surface area contributed by atoms with Gasteiger partial charge in [-0.15, -0.1) is 0 Å². The lowest BCUT2D eigenvalue weighted by molar-refractivity contribution is -0.115. The number of amidine groups is 1. The number of carbonyl (C=O) groups is 1. The largest absolute Gasteiger partial charge is 0.489 e. The molecule has 0 bridgehead atoms. The Bertz CT molecular complexity index is 1070. The van der Waals surface area contributed by atoms with Crippen LogP contribution in [0.15, 0.2) is 88.8 Å². The van der Waals surface area contributed by atoms with Crippen molar-refractivity contribution >= 4 is 34.6 Å². The number of hydrogen-bond acceptors (Lipinski definition) is 4. The van der Waals surface area contributed by atoms with E-state index in [-0.39, 0.29) is 5.91 Å². The molecule has 0 unspecified atom stereocenters. The highest BCUT2D eigenvalue weighted by Gasteiger charge is 2.23. The van der Waals surface area contributed by atoms with Crippen molar-refractivity contribution in [1.29, 1.82) is 0 Å². The van der Waals surface area contributed by atoms with Crippen molar-refractivity contribution < 1.29 is 9.53 Å². The highest BCUT2D eigenvalue weighted by Crippen LogP contribution is 2.28. The molecule has 4 rings (SSSR count). The summed E-state index contributed by atoms with van der Waals surface area (Å²) in [5, 5.41) is 3.42. The number of nitrogens with zero attached hydrogens (tertiary/aromatic N) is 1. The van der Waals surface area contributed by atoms with Crippen LogP contribution in [0.1, 0.15) is 16.7 Å². The summed E-state index contributed by atoms with van der Waals surface area (Å²) in [5.41, 5.74) is 4.02. The minimum atomic E-state index is -0.134. The van der Waals surface area contributed by atoms with Gasteiger partial charge in [-0.3, -0.25) is 4.79 Å². The fraction of sp³-hybridized carbons (Fsp3) is 0.0833. The summed E-state index contributed by atoms with van der Waals surface area (Å²) in [6.07, 6.45) is 1.86. The van der Waals surface area contributed by atoms with Crippen molar-refractivity contribution in [2.24, 2.45) is 4.99 Å². The number of carbonyl (C=O) groups excluding carboxylic acids is 1. The average Bonchev–Trinajstić information content (AvgIpc) is 3.07. The SMILES string of the molecule is Cc1cccc(N=C2NC(=O)/C(=C\c3ccc(OCc4ccccc4)cc3)S2)c1. The summed E-state index contributed by atoms with van der Waals surface area (Å²) in [4.78, 5) is 17.4. The molecule has 3 aromatic carbocycles. The number of nitrogens with one attached hydrogen (secondary N) is 1. The summed E-state index contributed by atoms with van der Waals surface area (Å²) in [6, 6.07) is 25.6. The Morgan fingerprint density at radius 1 is 1.00 bits per heavy atom. The van der Waals surface area contributed by atoms with Crippen LogP contribution in [0.2, 0.25) is 0 Å². The van der Waals surface area contributed by atoms with Gasteiger partial charge in [-0.2, -0.15) is 0 Å². The van der Waals surface area contributed by atoms with E-state index in [1.165, 1.54) is 11.8 Å². The molecule has 0 saturated carbocycles. The van der Waals surface area contributed by atoms with E-state index in [1.54, 1.807) is 0 Å². The third-order valence-corrected chi connectivity index (χ3v) is 5.22. The normalized spacial score (nSPS) is 16.2. The Morgan fingerprint density at radius 2 is 1.79 bits per heavy atom. The van der Waals surface area contributed by atoms with Crippen LogP contribution >= 0.6 is 11.8 Å². The third-order valence-electron chi connectivity index (χ3n) is 4.31. The second-order valence-electron chi connectivity index (χ2n) is 6.66. The number of amides is 1. The second-order valence-corrected chi connectivity index (χ2v) is 7.69.